The summed E-state index contributed by atoms with van der Waals surface area (Å²) in [5.41, 5.74) is -0.690. The Labute approximate surface area is 293 Å². The number of nitrogens with one attached hydrogen (secondary N) is 3. The SMILES string of the molecule is CC(C)N(Cc1ccc(-n2ccc(NC(=O)N3CCN(C(=O)C(C)(C)NC(=O)OC(C)(C)C)CC3)nc2=O)cc1)C1CCC(NC(=O)O)CC1. The van der Waals surface area contributed by atoms with Crippen molar-refractivity contribution in [3.05, 3.63) is 52.6 Å². The monoisotopic (exact) mass is 696 g/mol. The first-order valence-corrected chi connectivity index (χ1v) is 17.2. The number of piperazine rings is 1. The maximum atomic E-state index is 13.1. The molecule has 0 bridgehead atoms. The van der Waals surface area contributed by atoms with Crippen LogP contribution in [-0.4, -0.2) is 109 Å². The molecule has 5 amide bonds. The second-order valence-electron chi connectivity index (χ2n) is 14.8. The predicted octanol–water partition coefficient (Wildman–Crippen LogP) is 4.00. The van der Waals surface area contributed by atoms with Gasteiger partial charge < -0.3 is 30.3 Å². The van der Waals surface area contributed by atoms with E-state index in [4.69, 9.17) is 9.84 Å². The van der Waals surface area contributed by atoms with E-state index in [0.29, 0.717) is 17.8 Å². The van der Waals surface area contributed by atoms with Crippen molar-refractivity contribution in [3.63, 3.8) is 0 Å². The fraction of sp³-hybridized carbons (Fsp3) is 0.600. The molecular formula is C35H52N8O7. The minimum Gasteiger partial charge on any atom is -0.465 e. The molecule has 1 saturated heterocycles. The maximum absolute atomic E-state index is 13.1. The van der Waals surface area contributed by atoms with Crippen molar-refractivity contribution in [2.24, 2.45) is 0 Å². The van der Waals surface area contributed by atoms with Crippen LogP contribution < -0.4 is 21.6 Å². The average molecular weight is 697 g/mol. The van der Waals surface area contributed by atoms with Crippen LogP contribution in [0, 0.1) is 0 Å². The van der Waals surface area contributed by atoms with E-state index in [1.165, 1.54) is 4.57 Å². The van der Waals surface area contributed by atoms with Crippen LogP contribution in [0.3, 0.4) is 0 Å². The number of amides is 5. The van der Waals surface area contributed by atoms with E-state index in [9.17, 15) is 24.0 Å². The normalized spacial score (nSPS) is 18.5. The fourth-order valence-corrected chi connectivity index (χ4v) is 6.41. The number of hydrogen-bond acceptors (Lipinski definition) is 8. The summed E-state index contributed by atoms with van der Waals surface area (Å²) in [5, 5.41) is 17.0. The first kappa shape index (κ1) is 38.1. The highest BCUT2D eigenvalue weighted by Crippen LogP contribution is 2.27. The molecule has 1 aliphatic carbocycles. The summed E-state index contributed by atoms with van der Waals surface area (Å²) in [6, 6.07) is 9.53. The lowest BCUT2D eigenvalue weighted by atomic mass is 9.89. The number of benzene rings is 1. The number of hydrogen-bond donors (Lipinski definition) is 4. The third-order valence-corrected chi connectivity index (χ3v) is 8.98. The number of rotatable bonds is 9. The standard InChI is InChI=1S/C35H52N8O7/c1-23(2)43(27-14-10-25(11-15-27)36-32(47)48)22-24-8-12-26(13-9-24)42-17-16-28(38-31(42)46)37-30(45)41-20-18-40(19-21-41)29(44)35(6,7)39-33(49)50-34(3,4)5/h8-9,12-13,16-17,23,25,27,36H,10-11,14-15,18-22H2,1-7H3,(H,39,49)(H,47,48)(H,37,38,45,46). The van der Waals surface area contributed by atoms with Gasteiger partial charge in [0.15, 0.2) is 0 Å². The number of urea groups is 1. The number of aromatic nitrogens is 2. The zero-order valence-electron chi connectivity index (χ0n) is 30.2. The van der Waals surface area contributed by atoms with E-state index in [1.807, 2.05) is 24.3 Å². The van der Waals surface area contributed by atoms with Crippen molar-refractivity contribution in [3.8, 4) is 5.69 Å². The molecule has 15 heteroatoms. The Hall–Kier alpha value is -4.66. The van der Waals surface area contributed by atoms with E-state index in [1.54, 1.807) is 56.7 Å². The molecule has 0 spiro atoms. The van der Waals surface area contributed by atoms with Crippen LogP contribution in [0.2, 0.25) is 0 Å². The number of carboxylic acid groups (broad SMARTS) is 1. The molecule has 0 radical (unpaired) electrons. The lowest BCUT2D eigenvalue weighted by Crippen LogP contribution is -2.60. The van der Waals surface area contributed by atoms with Crippen molar-refractivity contribution in [1.29, 1.82) is 0 Å². The smallest absolute Gasteiger partial charge is 0.408 e. The van der Waals surface area contributed by atoms with Gasteiger partial charge in [-0.25, -0.2) is 19.2 Å². The van der Waals surface area contributed by atoms with Gasteiger partial charge in [-0.05, 0) is 97.9 Å². The van der Waals surface area contributed by atoms with Gasteiger partial charge in [0.25, 0.3) is 0 Å². The Balaban J connectivity index is 1.29. The number of carbonyl (C=O) groups is 4. The molecule has 1 aliphatic heterocycles. The highest BCUT2D eigenvalue weighted by Gasteiger charge is 2.37. The van der Waals surface area contributed by atoms with Crippen molar-refractivity contribution in [2.45, 2.75) is 110 Å². The minimum absolute atomic E-state index is 0.00623. The topological polar surface area (TPSA) is 178 Å². The van der Waals surface area contributed by atoms with Gasteiger partial charge in [0.1, 0.15) is 17.0 Å². The summed E-state index contributed by atoms with van der Waals surface area (Å²) in [5.74, 6) is -0.163. The first-order valence-electron chi connectivity index (χ1n) is 17.2. The lowest BCUT2D eigenvalue weighted by Gasteiger charge is -2.39. The van der Waals surface area contributed by atoms with Gasteiger partial charge in [-0.3, -0.25) is 19.6 Å². The average Bonchev–Trinajstić information content (AvgIpc) is 3.02. The molecule has 1 aromatic carbocycles. The number of ether oxygens (including phenoxy) is 1. The summed E-state index contributed by atoms with van der Waals surface area (Å²) in [7, 11) is 0. The molecule has 4 N–H and O–H groups in total. The van der Waals surface area contributed by atoms with E-state index in [-0.39, 0.29) is 43.9 Å². The largest absolute Gasteiger partial charge is 0.465 e. The number of carbonyl (C=O) groups excluding carboxylic acids is 3. The first-order chi connectivity index (χ1) is 23.4. The third kappa shape index (κ3) is 10.4. The zero-order chi connectivity index (χ0) is 36.8. The van der Waals surface area contributed by atoms with Gasteiger partial charge >= 0.3 is 23.9 Å². The van der Waals surface area contributed by atoms with Crippen LogP contribution in [0.4, 0.5) is 20.2 Å². The third-order valence-electron chi connectivity index (χ3n) is 8.98. The second kappa shape index (κ2) is 15.9. The van der Waals surface area contributed by atoms with E-state index in [2.05, 4.69) is 39.7 Å². The van der Waals surface area contributed by atoms with Crippen LogP contribution in [0.5, 0.6) is 0 Å². The molecule has 4 rings (SSSR count). The van der Waals surface area contributed by atoms with Crippen molar-refractivity contribution in [2.75, 3.05) is 31.5 Å². The summed E-state index contributed by atoms with van der Waals surface area (Å²) < 4.78 is 6.69. The zero-order valence-corrected chi connectivity index (χ0v) is 30.2. The van der Waals surface area contributed by atoms with Crippen LogP contribution in [0.15, 0.2) is 41.3 Å². The van der Waals surface area contributed by atoms with Crippen LogP contribution in [0.1, 0.15) is 79.7 Å². The van der Waals surface area contributed by atoms with Gasteiger partial charge in [0.2, 0.25) is 5.91 Å². The Morgan fingerprint density at radius 3 is 2.08 bits per heavy atom. The Morgan fingerprint density at radius 2 is 1.54 bits per heavy atom. The second-order valence-corrected chi connectivity index (χ2v) is 14.8. The lowest BCUT2D eigenvalue weighted by molar-refractivity contribution is -0.138. The van der Waals surface area contributed by atoms with Gasteiger partial charge in [0.05, 0.1) is 5.69 Å². The molecule has 2 heterocycles. The van der Waals surface area contributed by atoms with E-state index < -0.39 is 35.0 Å². The van der Waals surface area contributed by atoms with Crippen molar-refractivity contribution in [1.82, 2.24) is 34.9 Å². The van der Waals surface area contributed by atoms with Crippen molar-refractivity contribution < 1.29 is 29.0 Å². The molecule has 50 heavy (non-hydrogen) atoms. The highest BCUT2D eigenvalue weighted by molar-refractivity contribution is 5.90. The van der Waals surface area contributed by atoms with Crippen LogP contribution in [-0.2, 0) is 16.1 Å². The molecule has 1 aromatic heterocycles. The van der Waals surface area contributed by atoms with E-state index in [0.717, 1.165) is 37.8 Å². The minimum atomic E-state index is -1.20. The van der Waals surface area contributed by atoms with E-state index >= 15 is 0 Å². The molecule has 2 fully saturated rings. The van der Waals surface area contributed by atoms with Crippen LogP contribution >= 0.6 is 0 Å². The Morgan fingerprint density at radius 1 is 0.940 bits per heavy atom. The molecule has 274 valence electrons. The molecule has 15 nitrogen and oxygen atoms in total. The predicted molar refractivity (Wildman–Crippen MR) is 188 cm³/mol. The maximum Gasteiger partial charge on any atom is 0.408 e. The summed E-state index contributed by atoms with van der Waals surface area (Å²) in [4.78, 5) is 72.0. The van der Waals surface area contributed by atoms with Gasteiger partial charge in [-0.15, -0.1) is 0 Å². The van der Waals surface area contributed by atoms with Gasteiger partial charge in [-0.1, -0.05) is 12.1 Å². The molecule has 1 saturated carbocycles. The molecule has 2 aromatic rings. The summed E-state index contributed by atoms with van der Waals surface area (Å²) in [6.45, 7) is 14.6. The number of anilines is 1. The molecule has 0 unspecified atom stereocenters. The highest BCUT2D eigenvalue weighted by atomic mass is 16.6. The Kier molecular flexibility index (Phi) is 12.1. The fourth-order valence-electron chi connectivity index (χ4n) is 6.41. The molecular weight excluding hydrogens is 644 g/mol. The summed E-state index contributed by atoms with van der Waals surface area (Å²) >= 11 is 0. The molecule has 0 atom stereocenters. The quantitative estimate of drug-likeness (QED) is 0.302. The van der Waals surface area contributed by atoms with Crippen molar-refractivity contribution >= 4 is 29.9 Å². The number of alkyl carbamates (subject to hydrolysis) is 1. The van der Waals surface area contributed by atoms with Crippen LogP contribution in [0.25, 0.3) is 5.69 Å². The van der Waals surface area contributed by atoms with Gasteiger partial charge in [0, 0.05) is 57.0 Å². The summed E-state index contributed by atoms with van der Waals surface area (Å²) in [6.07, 6.45) is 3.40. The van der Waals surface area contributed by atoms with Gasteiger partial charge in [-0.2, -0.15) is 4.98 Å². The number of nitrogens with zero attached hydrogens (tertiary/aromatic N) is 5. The Bertz CT molecular complexity index is 1570. The molecule has 2 aliphatic rings.